The maximum absolute atomic E-state index is 3.65. The van der Waals surface area contributed by atoms with Gasteiger partial charge in [-0.2, -0.15) is 0 Å². The zero-order chi connectivity index (χ0) is 11.1. The quantitative estimate of drug-likeness (QED) is 0.566. The fourth-order valence-corrected chi connectivity index (χ4v) is 2.17. The standard InChI is InChI=1S/C14H29N/c1-4-5-6-7-8-9-10-11-15-13-12-14(13,2)3/h13,15H,4-12H2,1-3H3. The average Bonchev–Trinajstić information content (AvgIpc) is 2.79. The van der Waals surface area contributed by atoms with Crippen molar-refractivity contribution in [3.8, 4) is 0 Å². The second-order valence-electron chi connectivity index (χ2n) is 5.82. The van der Waals surface area contributed by atoms with E-state index in [1.54, 1.807) is 0 Å². The highest BCUT2D eigenvalue weighted by atomic mass is 15.0. The van der Waals surface area contributed by atoms with Gasteiger partial charge in [-0.05, 0) is 24.8 Å². The van der Waals surface area contributed by atoms with E-state index >= 15 is 0 Å². The lowest BCUT2D eigenvalue weighted by molar-refractivity contribution is 0.515. The SMILES string of the molecule is CCCCCCCCCNC1CC1(C)C. The van der Waals surface area contributed by atoms with Gasteiger partial charge in [-0.1, -0.05) is 59.3 Å². The molecule has 0 radical (unpaired) electrons. The summed E-state index contributed by atoms with van der Waals surface area (Å²) in [5.74, 6) is 0. The molecule has 1 nitrogen and oxygen atoms in total. The zero-order valence-corrected chi connectivity index (χ0v) is 10.9. The van der Waals surface area contributed by atoms with Gasteiger partial charge in [-0.15, -0.1) is 0 Å². The Bertz CT molecular complexity index is 163. The highest BCUT2D eigenvalue weighted by molar-refractivity contribution is 5.01. The molecule has 0 aliphatic heterocycles. The minimum atomic E-state index is 0.598. The number of hydrogen-bond acceptors (Lipinski definition) is 1. The van der Waals surface area contributed by atoms with Crippen LogP contribution < -0.4 is 5.32 Å². The normalized spacial score (nSPS) is 23.0. The Morgan fingerprint density at radius 1 is 1.00 bits per heavy atom. The summed E-state index contributed by atoms with van der Waals surface area (Å²) in [5, 5.41) is 3.65. The van der Waals surface area contributed by atoms with Gasteiger partial charge in [0.05, 0.1) is 0 Å². The van der Waals surface area contributed by atoms with Crippen molar-refractivity contribution in [2.24, 2.45) is 5.41 Å². The number of unbranched alkanes of at least 4 members (excludes halogenated alkanes) is 6. The van der Waals surface area contributed by atoms with Crippen LogP contribution in [-0.4, -0.2) is 12.6 Å². The van der Waals surface area contributed by atoms with E-state index in [0.29, 0.717) is 5.41 Å². The molecule has 1 atom stereocenters. The molecule has 1 N–H and O–H groups in total. The van der Waals surface area contributed by atoms with E-state index in [1.807, 2.05) is 0 Å². The fraction of sp³-hybridized carbons (Fsp3) is 1.00. The molecule has 0 amide bonds. The molecule has 0 heterocycles. The fourth-order valence-electron chi connectivity index (χ4n) is 2.17. The number of nitrogens with one attached hydrogen (secondary N) is 1. The van der Waals surface area contributed by atoms with Gasteiger partial charge >= 0.3 is 0 Å². The number of rotatable bonds is 9. The second kappa shape index (κ2) is 6.52. The zero-order valence-electron chi connectivity index (χ0n) is 10.9. The van der Waals surface area contributed by atoms with Crippen molar-refractivity contribution in [1.29, 1.82) is 0 Å². The summed E-state index contributed by atoms with van der Waals surface area (Å²) < 4.78 is 0. The van der Waals surface area contributed by atoms with Crippen LogP contribution in [0.3, 0.4) is 0 Å². The highest BCUT2D eigenvalue weighted by Crippen LogP contribution is 2.44. The van der Waals surface area contributed by atoms with E-state index in [0.717, 1.165) is 6.04 Å². The Labute approximate surface area is 96.0 Å². The van der Waals surface area contributed by atoms with Crippen molar-refractivity contribution in [3.63, 3.8) is 0 Å². The van der Waals surface area contributed by atoms with Crippen LogP contribution in [0.2, 0.25) is 0 Å². The molecule has 0 aromatic rings. The third-order valence-electron chi connectivity index (χ3n) is 3.68. The minimum Gasteiger partial charge on any atom is -0.313 e. The van der Waals surface area contributed by atoms with Crippen LogP contribution in [-0.2, 0) is 0 Å². The molecule has 1 aliphatic carbocycles. The largest absolute Gasteiger partial charge is 0.313 e. The predicted octanol–water partition coefficient (Wildman–Crippen LogP) is 4.13. The monoisotopic (exact) mass is 211 g/mol. The maximum Gasteiger partial charge on any atom is 0.0124 e. The maximum atomic E-state index is 3.65. The molecule has 0 spiro atoms. The lowest BCUT2D eigenvalue weighted by Crippen LogP contribution is -2.21. The molecule has 1 fully saturated rings. The van der Waals surface area contributed by atoms with Crippen LogP contribution >= 0.6 is 0 Å². The third kappa shape index (κ3) is 5.55. The second-order valence-corrected chi connectivity index (χ2v) is 5.82. The van der Waals surface area contributed by atoms with Gasteiger partial charge in [0.25, 0.3) is 0 Å². The molecule has 1 aliphatic rings. The van der Waals surface area contributed by atoms with E-state index in [4.69, 9.17) is 0 Å². The summed E-state index contributed by atoms with van der Waals surface area (Å²) in [6.45, 7) is 8.23. The third-order valence-corrected chi connectivity index (χ3v) is 3.68. The first kappa shape index (κ1) is 13.0. The smallest absolute Gasteiger partial charge is 0.0124 e. The summed E-state index contributed by atoms with van der Waals surface area (Å²) >= 11 is 0. The van der Waals surface area contributed by atoms with Gasteiger partial charge in [-0.3, -0.25) is 0 Å². The lowest BCUT2D eigenvalue weighted by Gasteiger charge is -2.06. The number of hydrogen-bond donors (Lipinski definition) is 1. The molecule has 1 unspecified atom stereocenters. The summed E-state index contributed by atoms with van der Waals surface area (Å²) in [6, 6.07) is 0.817. The van der Waals surface area contributed by atoms with Crippen molar-refractivity contribution < 1.29 is 0 Å². The van der Waals surface area contributed by atoms with Gasteiger partial charge in [-0.25, -0.2) is 0 Å². The van der Waals surface area contributed by atoms with Gasteiger partial charge in [0, 0.05) is 6.04 Å². The van der Waals surface area contributed by atoms with Gasteiger partial charge < -0.3 is 5.32 Å². The molecule has 15 heavy (non-hydrogen) atoms. The summed E-state index contributed by atoms with van der Waals surface area (Å²) in [5.41, 5.74) is 0.598. The first-order valence-corrected chi connectivity index (χ1v) is 6.90. The summed E-state index contributed by atoms with van der Waals surface area (Å²) in [6.07, 6.45) is 11.3. The Kier molecular flexibility index (Phi) is 5.66. The molecule has 0 aromatic carbocycles. The van der Waals surface area contributed by atoms with Crippen LogP contribution in [0.5, 0.6) is 0 Å². The van der Waals surface area contributed by atoms with E-state index in [-0.39, 0.29) is 0 Å². The van der Waals surface area contributed by atoms with E-state index in [2.05, 4.69) is 26.1 Å². The van der Waals surface area contributed by atoms with Crippen LogP contribution in [0.1, 0.15) is 72.1 Å². The first-order valence-electron chi connectivity index (χ1n) is 6.90. The Morgan fingerprint density at radius 3 is 2.07 bits per heavy atom. The molecule has 1 saturated carbocycles. The average molecular weight is 211 g/mol. The molecular weight excluding hydrogens is 182 g/mol. The summed E-state index contributed by atoms with van der Waals surface area (Å²) in [4.78, 5) is 0. The molecular formula is C14H29N. The van der Waals surface area contributed by atoms with Crippen molar-refractivity contribution in [1.82, 2.24) is 5.32 Å². The highest BCUT2D eigenvalue weighted by Gasteiger charge is 2.44. The van der Waals surface area contributed by atoms with Crippen LogP contribution in [0.4, 0.5) is 0 Å². The van der Waals surface area contributed by atoms with Crippen molar-refractivity contribution in [2.75, 3.05) is 6.54 Å². The van der Waals surface area contributed by atoms with Crippen LogP contribution in [0.15, 0.2) is 0 Å². The van der Waals surface area contributed by atoms with E-state index in [1.165, 1.54) is 57.9 Å². The molecule has 1 heteroatoms. The topological polar surface area (TPSA) is 12.0 Å². The first-order chi connectivity index (χ1) is 7.17. The minimum absolute atomic E-state index is 0.598. The van der Waals surface area contributed by atoms with Gasteiger partial charge in [0.15, 0.2) is 0 Å². The van der Waals surface area contributed by atoms with E-state index < -0.39 is 0 Å². The predicted molar refractivity (Wildman–Crippen MR) is 68.2 cm³/mol. The molecule has 0 bridgehead atoms. The van der Waals surface area contributed by atoms with Crippen LogP contribution in [0, 0.1) is 5.41 Å². The van der Waals surface area contributed by atoms with E-state index in [9.17, 15) is 0 Å². The van der Waals surface area contributed by atoms with Crippen molar-refractivity contribution >= 4 is 0 Å². The van der Waals surface area contributed by atoms with Gasteiger partial charge in [0.2, 0.25) is 0 Å². The van der Waals surface area contributed by atoms with Gasteiger partial charge in [0.1, 0.15) is 0 Å². The Morgan fingerprint density at radius 2 is 1.53 bits per heavy atom. The van der Waals surface area contributed by atoms with Crippen molar-refractivity contribution in [3.05, 3.63) is 0 Å². The molecule has 0 aromatic heterocycles. The molecule has 1 rings (SSSR count). The van der Waals surface area contributed by atoms with Crippen LogP contribution in [0.25, 0.3) is 0 Å². The Balaban J connectivity index is 1.74. The lowest BCUT2D eigenvalue weighted by atomic mass is 10.1. The Hall–Kier alpha value is -0.0400. The molecule has 90 valence electrons. The summed E-state index contributed by atoms with van der Waals surface area (Å²) in [7, 11) is 0. The van der Waals surface area contributed by atoms with Crippen molar-refractivity contribution in [2.45, 2.75) is 78.2 Å². The molecule has 0 saturated heterocycles.